The number of hydrogen-bond donors (Lipinski definition) is 2. The number of nitrogens with zero attached hydrogens (tertiary/aromatic N) is 2. The van der Waals surface area contributed by atoms with Crippen molar-refractivity contribution in [2.45, 2.75) is 214 Å². The summed E-state index contributed by atoms with van der Waals surface area (Å²) in [5, 5.41) is 10.5. The van der Waals surface area contributed by atoms with E-state index in [2.05, 4.69) is 41.8 Å². The Hall–Kier alpha value is -0.100. The second kappa shape index (κ2) is 38.8. The molecule has 346 valence electrons. The van der Waals surface area contributed by atoms with E-state index in [0.29, 0.717) is 43.6 Å². The lowest BCUT2D eigenvalue weighted by Gasteiger charge is -2.41. The number of unbranched alkanes of at least 4 members (excludes halogenated alkanes) is 22. The summed E-state index contributed by atoms with van der Waals surface area (Å²) in [6, 6.07) is 0. The van der Waals surface area contributed by atoms with Gasteiger partial charge in [-0.25, -0.2) is 0 Å². The van der Waals surface area contributed by atoms with Crippen molar-refractivity contribution in [1.29, 1.82) is 0 Å². The van der Waals surface area contributed by atoms with Crippen LogP contribution >= 0.6 is 7.60 Å². The van der Waals surface area contributed by atoms with Crippen molar-refractivity contribution in [3.8, 4) is 0 Å². The number of aliphatic hydroxyl groups is 1. The van der Waals surface area contributed by atoms with Crippen LogP contribution in [0.4, 0.5) is 0 Å². The van der Waals surface area contributed by atoms with Gasteiger partial charge < -0.3 is 33.2 Å². The Bertz CT molecular complexity index is 1010. The maximum absolute atomic E-state index is 11.0. The smallest absolute Gasteiger partial charge is 0.265 e. The first-order chi connectivity index (χ1) is 27.1. The summed E-state index contributed by atoms with van der Waals surface area (Å²) in [4.78, 5) is 22.0. The minimum absolute atomic E-state index is 0.118. The van der Waals surface area contributed by atoms with Gasteiger partial charge in [-0.05, 0) is 38.3 Å². The van der Waals surface area contributed by atoms with Crippen LogP contribution in [-0.2, 0) is 19.4 Å². The molecule has 0 amide bonds. The molecule has 0 rings (SSSR count). The van der Waals surface area contributed by atoms with Crippen LogP contribution in [0.5, 0.6) is 0 Å². The summed E-state index contributed by atoms with van der Waals surface area (Å²) < 4.78 is 48.5. The predicted molar refractivity (Wildman–Crippen MR) is 239 cm³/mol. The molecule has 12 heteroatoms. The maximum Gasteiger partial charge on any atom is 0.265 e. The molecule has 10 nitrogen and oxygen atoms in total. The monoisotopic (exact) mass is 857 g/mol. The molecular formula is C45H97N2O8PS. The third-order valence-corrected chi connectivity index (χ3v) is 13.0. The van der Waals surface area contributed by atoms with Gasteiger partial charge in [0.15, 0.2) is 0 Å². The first-order valence-corrected chi connectivity index (χ1v) is 27.3. The first kappa shape index (κ1) is 59.0. The van der Waals surface area contributed by atoms with Gasteiger partial charge in [0.2, 0.25) is 0 Å². The Kier molecular flexibility index (Phi) is 40.2. The van der Waals surface area contributed by atoms with Gasteiger partial charge in [-0.1, -0.05) is 170 Å². The average molecular weight is 857 g/mol. The lowest BCUT2D eigenvalue weighted by molar-refractivity contribution is -0.931. The molecule has 0 aliphatic rings. The van der Waals surface area contributed by atoms with Crippen molar-refractivity contribution in [1.82, 2.24) is 0 Å². The molecule has 0 aliphatic heterocycles. The topological polar surface area (TPSA) is 147 Å². The highest BCUT2D eigenvalue weighted by Gasteiger charge is 2.29. The molecule has 0 heterocycles. The normalized spacial score (nSPS) is 13.2. The Morgan fingerprint density at radius 3 is 1.32 bits per heavy atom. The number of quaternary nitrogens is 2. The number of hydrogen-bond acceptors (Lipinski definition) is 7. The molecule has 0 saturated carbocycles. The predicted octanol–water partition coefficient (Wildman–Crippen LogP) is 10.0. The fraction of sp³-hybridized carbons (Fsp3) is 1.00. The lowest BCUT2D eigenvalue weighted by Crippen LogP contribution is -2.54. The third kappa shape index (κ3) is 45.3. The van der Waals surface area contributed by atoms with E-state index >= 15 is 0 Å². The molecule has 0 spiro atoms. The summed E-state index contributed by atoms with van der Waals surface area (Å²) in [6.45, 7) is 14.6. The Balaban J connectivity index is 0. The van der Waals surface area contributed by atoms with Crippen molar-refractivity contribution in [2.75, 3.05) is 78.5 Å². The van der Waals surface area contributed by atoms with E-state index < -0.39 is 23.8 Å². The standard InChI is InChI=1S/C24H52NO5P.C21H45NO3S/c1-4-7-8-9-10-11-12-13-14-15-20-30-23-24(26)22-25(17-5-2,18-6-3)19-16-21-31(27,28)29;1-4-5-6-7-8-9-10-11-12-13-14-15-16-17-19-22(2,3)20-18-21-26(23,24)25/h24,26H,4-23H2,1-3H3,(H-,27,28,29);4-21H2,1-3H3. The molecule has 0 saturated heterocycles. The van der Waals surface area contributed by atoms with E-state index in [4.69, 9.17) is 9.29 Å². The van der Waals surface area contributed by atoms with Crippen molar-refractivity contribution in [2.24, 2.45) is 0 Å². The van der Waals surface area contributed by atoms with Crippen LogP contribution in [0.2, 0.25) is 0 Å². The summed E-state index contributed by atoms with van der Waals surface area (Å²) in [5.74, 6) is -0.118. The molecule has 0 aromatic heterocycles. The molecule has 0 aliphatic carbocycles. The van der Waals surface area contributed by atoms with Crippen LogP contribution in [0.1, 0.15) is 207 Å². The molecule has 2 N–H and O–H groups in total. The van der Waals surface area contributed by atoms with E-state index in [0.717, 1.165) is 49.9 Å². The molecule has 0 bridgehead atoms. The molecule has 0 radical (unpaired) electrons. The molecular weight excluding hydrogens is 760 g/mol. The average Bonchev–Trinajstić information content (AvgIpc) is 3.11. The van der Waals surface area contributed by atoms with E-state index in [1.54, 1.807) is 0 Å². The number of ether oxygens (including phenoxy) is 1. The van der Waals surface area contributed by atoms with Crippen molar-refractivity contribution < 1.29 is 46.1 Å². The van der Waals surface area contributed by atoms with Crippen molar-refractivity contribution >= 4 is 17.7 Å². The number of rotatable bonds is 42. The zero-order valence-corrected chi connectivity index (χ0v) is 40.3. The number of aliphatic hydroxyl groups excluding tert-OH is 1. The van der Waals surface area contributed by atoms with Gasteiger partial charge in [-0.3, -0.25) is 4.55 Å². The Morgan fingerprint density at radius 1 is 0.544 bits per heavy atom. The molecule has 0 aromatic rings. The molecule has 1 atom stereocenters. The molecule has 0 aromatic carbocycles. The van der Waals surface area contributed by atoms with Gasteiger partial charge >= 0.3 is 0 Å². The Morgan fingerprint density at radius 2 is 0.930 bits per heavy atom. The molecule has 1 unspecified atom stereocenters. The third-order valence-electron chi connectivity index (χ3n) is 11.3. The minimum atomic E-state index is -4.46. The minimum Gasteiger partial charge on any atom is -0.811 e. The zero-order valence-electron chi connectivity index (χ0n) is 38.5. The van der Waals surface area contributed by atoms with Crippen LogP contribution in [-0.4, -0.2) is 112 Å². The van der Waals surface area contributed by atoms with Gasteiger partial charge in [0.25, 0.3) is 10.1 Å². The lowest BCUT2D eigenvalue weighted by atomic mass is 10.0. The van der Waals surface area contributed by atoms with Crippen LogP contribution in [0.15, 0.2) is 0 Å². The van der Waals surface area contributed by atoms with Crippen LogP contribution in [0.3, 0.4) is 0 Å². The zero-order chi connectivity index (χ0) is 43.2. The maximum atomic E-state index is 11.0. The van der Waals surface area contributed by atoms with Gasteiger partial charge in [-0.2, -0.15) is 8.42 Å². The Labute approximate surface area is 354 Å². The van der Waals surface area contributed by atoms with Gasteiger partial charge in [-0.15, -0.1) is 0 Å². The second-order valence-electron chi connectivity index (χ2n) is 17.9. The van der Waals surface area contributed by atoms with E-state index in [1.165, 1.54) is 148 Å². The SMILES string of the molecule is CCCCCCCCCCCCCCCC[N+](C)(C)CCCS(=O)(=O)O.CCCCCCCCCCCCOCC(O)C[N+](CCC)(CCC)CCCP(=O)([O-])[O-]. The van der Waals surface area contributed by atoms with E-state index in [-0.39, 0.29) is 11.9 Å². The largest absolute Gasteiger partial charge is 0.811 e. The van der Waals surface area contributed by atoms with Crippen LogP contribution < -0.4 is 9.79 Å². The highest BCUT2D eigenvalue weighted by Crippen LogP contribution is 2.25. The van der Waals surface area contributed by atoms with Crippen LogP contribution in [0, 0.1) is 0 Å². The summed E-state index contributed by atoms with van der Waals surface area (Å²) in [6.07, 6.45) is 34.0. The summed E-state index contributed by atoms with van der Waals surface area (Å²) >= 11 is 0. The quantitative estimate of drug-likeness (QED) is 0.0267. The van der Waals surface area contributed by atoms with Crippen LogP contribution in [0.25, 0.3) is 0 Å². The highest BCUT2D eigenvalue weighted by molar-refractivity contribution is 7.85. The van der Waals surface area contributed by atoms with Gasteiger partial charge in [0.1, 0.15) is 12.6 Å². The van der Waals surface area contributed by atoms with E-state index in [9.17, 15) is 27.9 Å². The fourth-order valence-corrected chi connectivity index (χ4v) is 9.11. The van der Waals surface area contributed by atoms with Gasteiger partial charge in [0, 0.05) is 19.4 Å². The summed E-state index contributed by atoms with van der Waals surface area (Å²) in [5.41, 5.74) is 0. The fourth-order valence-electron chi connectivity index (χ4n) is 8.09. The second-order valence-corrected chi connectivity index (χ2v) is 21.2. The summed E-state index contributed by atoms with van der Waals surface area (Å²) in [7, 11) is -3.98. The van der Waals surface area contributed by atoms with Crippen molar-refractivity contribution in [3.63, 3.8) is 0 Å². The highest BCUT2D eigenvalue weighted by atomic mass is 32.2. The molecule has 57 heavy (non-hydrogen) atoms. The van der Waals surface area contributed by atoms with Gasteiger partial charge in [0.05, 0.1) is 59.2 Å². The van der Waals surface area contributed by atoms with E-state index in [1.807, 2.05) is 0 Å². The first-order valence-electron chi connectivity index (χ1n) is 23.9. The van der Waals surface area contributed by atoms with Crippen molar-refractivity contribution in [3.05, 3.63) is 0 Å². The molecule has 0 fully saturated rings.